The molecule has 3 aromatic heterocycles. The number of hydrogen-bond donors (Lipinski definition) is 3. The third-order valence-electron chi connectivity index (χ3n) is 6.85. The van der Waals surface area contributed by atoms with Gasteiger partial charge in [0, 0.05) is 58.3 Å². The highest BCUT2D eigenvalue weighted by Gasteiger charge is 2.20. The van der Waals surface area contributed by atoms with Gasteiger partial charge in [-0.15, -0.1) is 0 Å². The lowest BCUT2D eigenvalue weighted by Gasteiger charge is -2.15. The molecule has 1 aromatic carbocycles. The van der Waals surface area contributed by atoms with E-state index in [0.29, 0.717) is 16.7 Å². The van der Waals surface area contributed by atoms with E-state index in [-0.39, 0.29) is 29.7 Å². The van der Waals surface area contributed by atoms with Crippen LogP contribution in [0.2, 0.25) is 0 Å². The zero-order valence-corrected chi connectivity index (χ0v) is 22.7. The van der Waals surface area contributed by atoms with Gasteiger partial charge >= 0.3 is 5.97 Å². The van der Waals surface area contributed by atoms with Crippen molar-refractivity contribution in [3.63, 3.8) is 0 Å². The summed E-state index contributed by atoms with van der Waals surface area (Å²) >= 11 is 0. The molecule has 0 unspecified atom stereocenters. The van der Waals surface area contributed by atoms with Crippen LogP contribution in [0.3, 0.4) is 0 Å². The molecule has 0 aliphatic carbocycles. The molecule has 1 amide bonds. The van der Waals surface area contributed by atoms with Crippen molar-refractivity contribution < 1.29 is 14.7 Å². The second-order valence-corrected chi connectivity index (χ2v) is 10.1. The summed E-state index contributed by atoms with van der Waals surface area (Å²) in [5.41, 5.74) is 6.51. The van der Waals surface area contributed by atoms with Crippen LogP contribution in [0.4, 0.5) is 0 Å². The van der Waals surface area contributed by atoms with Gasteiger partial charge in [0.1, 0.15) is 0 Å². The Morgan fingerprint density at radius 3 is 2.45 bits per heavy atom. The van der Waals surface area contributed by atoms with Gasteiger partial charge in [0.25, 0.3) is 11.5 Å². The van der Waals surface area contributed by atoms with E-state index < -0.39 is 5.97 Å². The van der Waals surface area contributed by atoms with Gasteiger partial charge in [-0.1, -0.05) is 13.3 Å². The first-order chi connectivity index (χ1) is 18.0. The molecule has 0 aliphatic heterocycles. The average Bonchev–Trinajstić information content (AvgIpc) is 3.19. The van der Waals surface area contributed by atoms with Crippen LogP contribution in [0.15, 0.2) is 41.5 Å². The first kappa shape index (κ1) is 26.9. The number of pyridine rings is 2. The van der Waals surface area contributed by atoms with Crippen molar-refractivity contribution >= 4 is 22.8 Å². The largest absolute Gasteiger partial charge is 0.477 e. The fraction of sp³-hybridized carbons (Fsp3) is 0.333. The number of H-pyrrole nitrogens is 1. The molecule has 0 atom stereocenters. The fourth-order valence-corrected chi connectivity index (χ4v) is 5.05. The molecule has 0 fully saturated rings. The Kier molecular flexibility index (Phi) is 7.53. The molecule has 38 heavy (non-hydrogen) atoms. The van der Waals surface area contributed by atoms with E-state index in [1.54, 1.807) is 13.0 Å². The number of nitrogens with one attached hydrogen (secondary N) is 2. The van der Waals surface area contributed by atoms with Gasteiger partial charge in [0.2, 0.25) is 0 Å². The number of aromatic carboxylic acids is 1. The maximum Gasteiger partial charge on any atom is 0.354 e. The second-order valence-electron chi connectivity index (χ2n) is 10.1. The molecule has 198 valence electrons. The van der Waals surface area contributed by atoms with Crippen LogP contribution in [-0.4, -0.2) is 31.5 Å². The highest BCUT2D eigenvalue weighted by Crippen LogP contribution is 2.33. The topological polar surface area (TPSA) is 117 Å². The summed E-state index contributed by atoms with van der Waals surface area (Å²) in [6.45, 7) is 11.9. The summed E-state index contributed by atoms with van der Waals surface area (Å²) in [7, 11) is 0. The molecule has 3 heterocycles. The average molecular weight is 515 g/mol. The maximum absolute atomic E-state index is 13.7. The Bertz CT molecular complexity index is 1610. The summed E-state index contributed by atoms with van der Waals surface area (Å²) < 4.78 is 2.13. The van der Waals surface area contributed by atoms with Crippen molar-refractivity contribution in [2.75, 3.05) is 0 Å². The summed E-state index contributed by atoms with van der Waals surface area (Å²) in [4.78, 5) is 44.9. The van der Waals surface area contributed by atoms with Crippen LogP contribution < -0.4 is 10.9 Å². The minimum atomic E-state index is -1.08. The molecule has 0 bridgehead atoms. The first-order valence-corrected chi connectivity index (χ1v) is 12.9. The molecule has 4 rings (SSSR count). The Labute approximate surface area is 221 Å². The minimum Gasteiger partial charge on any atom is -0.477 e. The normalized spacial score (nSPS) is 11.3. The smallest absolute Gasteiger partial charge is 0.354 e. The Morgan fingerprint density at radius 2 is 1.82 bits per heavy atom. The zero-order chi connectivity index (χ0) is 27.7. The lowest BCUT2D eigenvalue weighted by molar-refractivity contribution is 0.0689. The molecule has 0 radical (unpaired) electrons. The van der Waals surface area contributed by atoms with Gasteiger partial charge in [0.05, 0.1) is 0 Å². The monoisotopic (exact) mass is 514 g/mol. The number of carboxylic acids is 1. The first-order valence-electron chi connectivity index (χ1n) is 12.9. The number of amides is 1. The van der Waals surface area contributed by atoms with Crippen molar-refractivity contribution in [2.24, 2.45) is 0 Å². The van der Waals surface area contributed by atoms with Gasteiger partial charge in [-0.25, -0.2) is 9.78 Å². The van der Waals surface area contributed by atoms with Crippen molar-refractivity contribution in [3.05, 3.63) is 86.2 Å². The Morgan fingerprint density at radius 1 is 1.08 bits per heavy atom. The van der Waals surface area contributed by atoms with Crippen LogP contribution >= 0.6 is 0 Å². The Hall–Kier alpha value is -4.20. The second kappa shape index (κ2) is 10.7. The molecule has 0 saturated carbocycles. The number of carboxylic acid groups (broad SMARTS) is 1. The third kappa shape index (κ3) is 5.11. The van der Waals surface area contributed by atoms with E-state index in [2.05, 4.69) is 40.6 Å². The van der Waals surface area contributed by atoms with Gasteiger partial charge in [0.15, 0.2) is 5.69 Å². The Balaban J connectivity index is 1.81. The van der Waals surface area contributed by atoms with Crippen molar-refractivity contribution in [1.29, 1.82) is 0 Å². The van der Waals surface area contributed by atoms with E-state index in [9.17, 15) is 19.5 Å². The number of nitrogens with zero attached hydrogens (tertiary/aromatic N) is 2. The lowest BCUT2D eigenvalue weighted by atomic mass is 9.97. The third-order valence-corrected chi connectivity index (χ3v) is 6.85. The van der Waals surface area contributed by atoms with Gasteiger partial charge < -0.3 is 20.0 Å². The SMILES string of the molecule is CCCc1cc(C)[nH]c(=O)c1CNC(=O)c1cc(-c2cnc(C(=O)O)c(C)c2)cc2c1c(C)cn2C(C)C. The van der Waals surface area contributed by atoms with Crippen LogP contribution in [0.25, 0.3) is 22.0 Å². The molecule has 3 N–H and O–H groups in total. The van der Waals surface area contributed by atoms with E-state index >= 15 is 0 Å². The molecule has 0 aliphatic rings. The summed E-state index contributed by atoms with van der Waals surface area (Å²) in [6.07, 6.45) is 5.21. The molecule has 0 saturated heterocycles. The predicted molar refractivity (Wildman–Crippen MR) is 149 cm³/mol. The zero-order valence-electron chi connectivity index (χ0n) is 22.7. The number of benzene rings is 1. The lowest BCUT2D eigenvalue weighted by Crippen LogP contribution is -2.28. The number of aromatic amines is 1. The van der Waals surface area contributed by atoms with E-state index in [4.69, 9.17) is 0 Å². The van der Waals surface area contributed by atoms with Crippen molar-refractivity contribution in [1.82, 2.24) is 19.9 Å². The van der Waals surface area contributed by atoms with Crippen LogP contribution in [0, 0.1) is 20.8 Å². The standard InChI is InChI=1S/C30H34N4O4/c1-7-8-20-10-19(6)33-29(36)24(20)14-32-28(35)23-11-21(22-9-17(4)27(30(37)38)31-13-22)12-25-26(23)18(5)15-34(25)16(2)3/h9-13,15-16H,7-8,14H2,1-6H3,(H,32,35)(H,33,36)(H,37,38). The number of carbonyl (C=O) groups excluding carboxylic acids is 1. The number of hydrogen-bond acceptors (Lipinski definition) is 4. The van der Waals surface area contributed by atoms with Gasteiger partial charge in [-0.3, -0.25) is 9.59 Å². The highest BCUT2D eigenvalue weighted by atomic mass is 16.4. The molecule has 8 heteroatoms. The predicted octanol–water partition coefficient (Wildman–Crippen LogP) is 5.48. The number of carbonyl (C=O) groups is 2. The van der Waals surface area contributed by atoms with E-state index in [1.165, 1.54) is 6.20 Å². The number of aromatic nitrogens is 3. The van der Waals surface area contributed by atoms with Crippen molar-refractivity contribution in [2.45, 2.75) is 67.0 Å². The van der Waals surface area contributed by atoms with E-state index in [0.717, 1.165) is 51.7 Å². The van der Waals surface area contributed by atoms with Crippen LogP contribution in [0.1, 0.15) is 82.0 Å². The molecule has 0 spiro atoms. The van der Waals surface area contributed by atoms with Gasteiger partial charge in [-0.05, 0) is 87.6 Å². The molecule has 4 aromatic rings. The fourth-order valence-electron chi connectivity index (χ4n) is 5.05. The number of rotatable bonds is 8. The van der Waals surface area contributed by atoms with Crippen LogP contribution in [0.5, 0.6) is 0 Å². The maximum atomic E-state index is 13.7. The van der Waals surface area contributed by atoms with Crippen LogP contribution in [-0.2, 0) is 13.0 Å². The molecular formula is C30H34N4O4. The molecular weight excluding hydrogens is 480 g/mol. The summed E-state index contributed by atoms with van der Waals surface area (Å²) in [5, 5.41) is 13.2. The summed E-state index contributed by atoms with van der Waals surface area (Å²) in [5.74, 6) is -1.36. The molecule has 8 nitrogen and oxygen atoms in total. The minimum absolute atomic E-state index is 0.000368. The van der Waals surface area contributed by atoms with Gasteiger partial charge in [-0.2, -0.15) is 0 Å². The van der Waals surface area contributed by atoms with E-state index in [1.807, 2.05) is 38.2 Å². The highest BCUT2D eigenvalue weighted by molar-refractivity contribution is 6.09. The number of aryl methyl sites for hydroxylation is 4. The summed E-state index contributed by atoms with van der Waals surface area (Å²) in [6, 6.07) is 7.74. The number of fused-ring (bicyclic) bond motifs is 1. The van der Waals surface area contributed by atoms with Crippen molar-refractivity contribution in [3.8, 4) is 11.1 Å². The quantitative estimate of drug-likeness (QED) is 0.288.